The number of allylic oxidation sites excluding steroid dienone is 7. The quantitative estimate of drug-likeness (QED) is 0.572. The van der Waals surface area contributed by atoms with E-state index in [0.29, 0.717) is 0 Å². The fourth-order valence-corrected chi connectivity index (χ4v) is 2.63. The molecule has 0 amide bonds. The van der Waals surface area contributed by atoms with Gasteiger partial charge >= 0.3 is 0 Å². The normalized spacial score (nSPS) is 26.1. The van der Waals surface area contributed by atoms with Crippen LogP contribution in [0.2, 0.25) is 0 Å². The van der Waals surface area contributed by atoms with Crippen molar-refractivity contribution in [3.05, 3.63) is 59.1 Å². The molecule has 0 atom stereocenters. The molecular weight excluding hydrogens is 188 g/mol. The third kappa shape index (κ3) is 2.10. The van der Waals surface area contributed by atoms with E-state index in [9.17, 15) is 0 Å². The summed E-state index contributed by atoms with van der Waals surface area (Å²) < 4.78 is 0. The van der Waals surface area contributed by atoms with Crippen molar-refractivity contribution < 1.29 is 0 Å². The Balaban J connectivity index is 2.34. The van der Waals surface area contributed by atoms with E-state index in [2.05, 4.69) is 43.0 Å². The number of hydrogen-bond acceptors (Lipinski definition) is 1. The maximum absolute atomic E-state index is 4.12. The summed E-state index contributed by atoms with van der Waals surface area (Å²) in [5.41, 5.74) is 2.60. The molecule has 0 spiro atoms. The lowest BCUT2D eigenvalue weighted by Crippen LogP contribution is -1.94. The Hall–Kier alpha value is -0.950. The van der Waals surface area contributed by atoms with E-state index in [1.165, 1.54) is 16.1 Å². The fraction of sp³-hybridized carbons (Fsp3) is 0.231. The molecule has 0 aromatic rings. The predicted molar refractivity (Wildman–Crippen MR) is 65.3 cm³/mol. The first-order valence-electron chi connectivity index (χ1n) is 4.93. The van der Waals surface area contributed by atoms with Gasteiger partial charge in [0.1, 0.15) is 0 Å². The highest BCUT2D eigenvalue weighted by atomic mass is 32.2. The van der Waals surface area contributed by atoms with Crippen molar-refractivity contribution in [2.24, 2.45) is 0 Å². The molecule has 72 valence electrons. The fourth-order valence-electron chi connectivity index (χ4n) is 1.64. The number of thioether (sulfide) groups is 1. The van der Waals surface area contributed by atoms with Gasteiger partial charge in [0.25, 0.3) is 0 Å². The Morgan fingerprint density at radius 1 is 1.14 bits per heavy atom. The maximum Gasteiger partial charge on any atom is 0.0164 e. The van der Waals surface area contributed by atoms with Gasteiger partial charge in [0.15, 0.2) is 0 Å². The van der Waals surface area contributed by atoms with Gasteiger partial charge in [0.2, 0.25) is 0 Å². The van der Waals surface area contributed by atoms with Crippen molar-refractivity contribution in [2.45, 2.75) is 12.8 Å². The van der Waals surface area contributed by atoms with Gasteiger partial charge < -0.3 is 0 Å². The van der Waals surface area contributed by atoms with Crippen molar-refractivity contribution in [3.8, 4) is 0 Å². The molecule has 0 saturated carbocycles. The van der Waals surface area contributed by atoms with Crippen LogP contribution in [-0.2, 0) is 0 Å². The average molecular weight is 202 g/mol. The summed E-state index contributed by atoms with van der Waals surface area (Å²) in [6.45, 7) is 4.12. The van der Waals surface area contributed by atoms with E-state index in [4.69, 9.17) is 0 Å². The third-order valence-corrected chi connectivity index (χ3v) is 3.45. The van der Waals surface area contributed by atoms with E-state index in [1.807, 2.05) is 11.8 Å². The Labute approximate surface area is 89.8 Å². The van der Waals surface area contributed by atoms with Crippen molar-refractivity contribution in [1.29, 1.82) is 0 Å². The van der Waals surface area contributed by atoms with Crippen molar-refractivity contribution in [3.63, 3.8) is 0 Å². The predicted octanol–water partition coefficient (Wildman–Crippen LogP) is 4.01. The molecule has 1 aliphatic carbocycles. The minimum Gasteiger partial charge on any atom is -0.122 e. The highest BCUT2D eigenvalue weighted by Gasteiger charge is 2.10. The highest BCUT2D eigenvalue weighted by Crippen LogP contribution is 2.33. The molecule has 0 aromatic carbocycles. The van der Waals surface area contributed by atoms with Crippen LogP contribution in [0.15, 0.2) is 59.1 Å². The molecule has 14 heavy (non-hydrogen) atoms. The lowest BCUT2D eigenvalue weighted by atomic mass is 9.98. The second kappa shape index (κ2) is 4.52. The Morgan fingerprint density at radius 3 is 3.00 bits per heavy atom. The van der Waals surface area contributed by atoms with E-state index in [-0.39, 0.29) is 0 Å². The molecule has 0 nitrogen and oxygen atoms in total. The third-order valence-electron chi connectivity index (χ3n) is 2.39. The first kappa shape index (κ1) is 9.60. The van der Waals surface area contributed by atoms with Crippen LogP contribution in [0.25, 0.3) is 0 Å². The molecule has 0 fully saturated rings. The Bertz CT molecular complexity index is 353. The lowest BCUT2D eigenvalue weighted by Gasteiger charge is -2.15. The second-order valence-corrected chi connectivity index (χ2v) is 4.47. The summed E-state index contributed by atoms with van der Waals surface area (Å²) in [7, 11) is 0. The smallest absolute Gasteiger partial charge is 0.0164 e. The molecular formula is C13H14S. The Morgan fingerprint density at radius 2 is 2.07 bits per heavy atom. The standard InChI is InChI=1S/C13H14S/c1-11-7-3-2-6-10-14-13-9-5-4-8-12(11)13/h2-3,5-7,9H,1,4,8,10H2/b6-2-,7-3-. The van der Waals surface area contributed by atoms with Crippen LogP contribution in [0.5, 0.6) is 0 Å². The van der Waals surface area contributed by atoms with Gasteiger partial charge in [-0.1, -0.05) is 43.0 Å². The highest BCUT2D eigenvalue weighted by molar-refractivity contribution is 8.03. The van der Waals surface area contributed by atoms with Crippen LogP contribution in [0.1, 0.15) is 12.8 Å². The van der Waals surface area contributed by atoms with Crippen LogP contribution in [0.3, 0.4) is 0 Å². The molecule has 0 aromatic heterocycles. The summed E-state index contributed by atoms with van der Waals surface area (Å²) >= 11 is 1.90. The number of hydrogen-bond donors (Lipinski definition) is 0. The van der Waals surface area contributed by atoms with Gasteiger partial charge in [-0.05, 0) is 24.0 Å². The van der Waals surface area contributed by atoms with Gasteiger partial charge in [-0.15, -0.1) is 11.8 Å². The van der Waals surface area contributed by atoms with E-state index < -0.39 is 0 Å². The number of rotatable bonds is 0. The first-order chi connectivity index (χ1) is 6.88. The second-order valence-electron chi connectivity index (χ2n) is 3.41. The zero-order chi connectivity index (χ0) is 9.80. The zero-order valence-corrected chi connectivity index (χ0v) is 9.02. The van der Waals surface area contributed by atoms with Gasteiger partial charge in [0, 0.05) is 10.7 Å². The molecule has 1 heteroatoms. The summed E-state index contributed by atoms with van der Waals surface area (Å²) in [5, 5.41) is 0. The van der Waals surface area contributed by atoms with Gasteiger partial charge in [0.05, 0.1) is 0 Å². The van der Waals surface area contributed by atoms with Crippen LogP contribution in [0.4, 0.5) is 0 Å². The molecule has 1 aliphatic heterocycles. The summed E-state index contributed by atoms with van der Waals surface area (Å²) in [6, 6.07) is 0. The van der Waals surface area contributed by atoms with E-state index >= 15 is 0 Å². The molecule has 0 bridgehead atoms. The topological polar surface area (TPSA) is 0 Å². The zero-order valence-electron chi connectivity index (χ0n) is 8.20. The molecule has 0 N–H and O–H groups in total. The van der Waals surface area contributed by atoms with Crippen molar-refractivity contribution in [1.82, 2.24) is 0 Å². The summed E-state index contributed by atoms with van der Waals surface area (Å²) in [6.07, 6.45) is 15.3. The molecule has 2 aliphatic rings. The molecule has 2 rings (SSSR count). The van der Waals surface area contributed by atoms with Crippen LogP contribution in [0, 0.1) is 0 Å². The van der Waals surface area contributed by atoms with Gasteiger partial charge in [-0.2, -0.15) is 0 Å². The van der Waals surface area contributed by atoms with E-state index in [1.54, 1.807) is 0 Å². The summed E-state index contributed by atoms with van der Waals surface area (Å²) in [5.74, 6) is 1.06. The summed E-state index contributed by atoms with van der Waals surface area (Å²) in [4.78, 5) is 1.40. The SMILES string of the molecule is C=C1/C=C\C=C/CSC2=C1CCC=C2. The van der Waals surface area contributed by atoms with Crippen molar-refractivity contribution in [2.75, 3.05) is 5.75 Å². The molecule has 1 heterocycles. The van der Waals surface area contributed by atoms with Crippen molar-refractivity contribution >= 4 is 11.8 Å². The van der Waals surface area contributed by atoms with Crippen LogP contribution < -0.4 is 0 Å². The van der Waals surface area contributed by atoms with Gasteiger partial charge in [-0.3, -0.25) is 0 Å². The Kier molecular flexibility index (Phi) is 3.10. The average Bonchev–Trinajstić information content (AvgIpc) is 2.30. The molecule has 0 saturated heterocycles. The van der Waals surface area contributed by atoms with Crippen LogP contribution >= 0.6 is 11.8 Å². The largest absolute Gasteiger partial charge is 0.122 e. The molecule has 0 unspecified atom stereocenters. The van der Waals surface area contributed by atoms with Crippen LogP contribution in [-0.4, -0.2) is 5.75 Å². The first-order valence-corrected chi connectivity index (χ1v) is 5.91. The van der Waals surface area contributed by atoms with Gasteiger partial charge in [-0.25, -0.2) is 0 Å². The lowest BCUT2D eigenvalue weighted by molar-refractivity contribution is 0.975. The minimum absolute atomic E-state index is 1.06. The monoisotopic (exact) mass is 202 g/mol. The molecule has 0 radical (unpaired) electrons. The van der Waals surface area contributed by atoms with E-state index in [0.717, 1.165) is 18.6 Å². The minimum atomic E-state index is 1.06. The maximum atomic E-state index is 4.12.